The summed E-state index contributed by atoms with van der Waals surface area (Å²) in [6.45, 7) is 0. The quantitative estimate of drug-likeness (QED) is 0.166. The second kappa shape index (κ2) is 14.0. The zero-order valence-electron chi connectivity index (χ0n) is 27.3. The van der Waals surface area contributed by atoms with Crippen LogP contribution < -0.4 is 0 Å². The van der Waals surface area contributed by atoms with Crippen LogP contribution >= 0.6 is 0 Å². The van der Waals surface area contributed by atoms with Crippen molar-refractivity contribution >= 4 is 43.7 Å². The molecule has 0 spiro atoms. The van der Waals surface area contributed by atoms with Crippen LogP contribution in [0.3, 0.4) is 0 Å². The summed E-state index contributed by atoms with van der Waals surface area (Å²) in [5, 5.41) is 4.47. The predicted molar refractivity (Wildman–Crippen MR) is 204 cm³/mol. The molecule has 10 rings (SSSR count). The van der Waals surface area contributed by atoms with Gasteiger partial charge in [-0.15, -0.1) is 54.1 Å². The van der Waals surface area contributed by atoms with Crippen molar-refractivity contribution in [3.05, 3.63) is 188 Å². The first-order valence-corrected chi connectivity index (χ1v) is 16.6. The average molecular weight is 832 g/mol. The van der Waals surface area contributed by atoms with Crippen molar-refractivity contribution in [1.82, 2.24) is 14.5 Å². The fraction of sp³-hybridized carbons (Fsp3) is 0. The van der Waals surface area contributed by atoms with Gasteiger partial charge in [-0.05, 0) is 52.8 Å². The largest absolute Gasteiger partial charge is 0.501 e. The van der Waals surface area contributed by atoms with Crippen molar-refractivity contribution in [3.63, 3.8) is 0 Å². The molecule has 0 N–H and O–H groups in total. The van der Waals surface area contributed by atoms with Crippen molar-refractivity contribution in [1.29, 1.82) is 0 Å². The van der Waals surface area contributed by atoms with Crippen molar-refractivity contribution in [2.75, 3.05) is 0 Å². The number of hydrogen-bond donors (Lipinski definition) is 0. The van der Waals surface area contributed by atoms with Crippen LogP contribution in [0, 0.1) is 12.1 Å². The topological polar surface area (TPSA) is 43.9 Å². The van der Waals surface area contributed by atoms with Crippen molar-refractivity contribution in [2.45, 2.75) is 0 Å². The molecule has 0 amide bonds. The molecule has 245 valence electrons. The second-order valence-electron chi connectivity index (χ2n) is 12.0. The minimum atomic E-state index is 0. The number of fused-ring (bicyclic) bond motifs is 6. The Morgan fingerprint density at radius 3 is 2.08 bits per heavy atom. The number of pyridine rings is 2. The first kappa shape index (κ1) is 32.1. The molecule has 4 aromatic heterocycles. The van der Waals surface area contributed by atoms with Gasteiger partial charge in [-0.3, -0.25) is 0 Å². The molecule has 4 nitrogen and oxygen atoms in total. The van der Waals surface area contributed by atoms with Gasteiger partial charge in [0.1, 0.15) is 5.58 Å². The molecule has 0 atom stereocenters. The van der Waals surface area contributed by atoms with E-state index in [1.54, 1.807) is 6.20 Å². The Bertz CT molecular complexity index is 2700. The fourth-order valence-electron chi connectivity index (χ4n) is 6.67. The smallest absolute Gasteiger partial charge is 0.120 e. The molecule has 0 unspecified atom stereocenters. The van der Waals surface area contributed by atoms with E-state index in [0.29, 0.717) is 0 Å². The van der Waals surface area contributed by atoms with Crippen molar-refractivity contribution < 1.29 is 24.5 Å². The number of benzene rings is 6. The van der Waals surface area contributed by atoms with Gasteiger partial charge in [0.2, 0.25) is 0 Å². The summed E-state index contributed by atoms with van der Waals surface area (Å²) < 4.78 is 8.64. The van der Waals surface area contributed by atoms with Crippen LogP contribution in [0.5, 0.6) is 0 Å². The van der Waals surface area contributed by atoms with Crippen LogP contribution in [0.25, 0.3) is 83.1 Å². The van der Waals surface area contributed by atoms with Crippen LogP contribution in [0.15, 0.2) is 181 Å². The molecule has 0 aliphatic heterocycles. The minimum Gasteiger partial charge on any atom is -0.501 e. The molecule has 6 aromatic carbocycles. The SMILES string of the molecule is [Ir].[c-]1ccc2c(oc3ccccc32)c1-c1cc2c(cn1)c1ccc(-c3ccccc3)cc1n2-c1ccccc1.[c-]1ccccc1-c1ccccn1. The molecule has 0 saturated heterocycles. The van der Waals surface area contributed by atoms with Gasteiger partial charge in [-0.25, -0.2) is 0 Å². The van der Waals surface area contributed by atoms with Crippen LogP contribution in [-0.2, 0) is 20.1 Å². The summed E-state index contributed by atoms with van der Waals surface area (Å²) in [5.74, 6) is 0. The minimum absolute atomic E-state index is 0. The van der Waals surface area contributed by atoms with Crippen molar-refractivity contribution in [3.8, 4) is 39.3 Å². The van der Waals surface area contributed by atoms with E-state index in [9.17, 15) is 0 Å². The Labute approximate surface area is 309 Å². The molecule has 0 fully saturated rings. The van der Waals surface area contributed by atoms with Crippen molar-refractivity contribution in [2.24, 2.45) is 0 Å². The molecule has 0 aliphatic rings. The standard InChI is InChI=1S/C35H21N2O.C11H8N.Ir/c1-3-10-23(11-4-1)24-18-19-26-30-22-36-31(21-33(30)37(32(26)20-24)25-12-5-2-6-13-25)29-16-9-15-28-27-14-7-8-17-34(27)38-35(28)29;1-2-6-10(7-3-1)11-8-4-5-9-12-11;/h1-15,17-22H;1-6,8-9H;/q2*-1;. The third-order valence-electron chi connectivity index (χ3n) is 9.02. The molecule has 1 radical (unpaired) electrons. The number of para-hydroxylation sites is 2. The maximum atomic E-state index is 6.31. The molecular weight excluding hydrogens is 803 g/mol. The molecule has 0 bridgehead atoms. The summed E-state index contributed by atoms with van der Waals surface area (Å²) in [6, 6.07) is 62.3. The summed E-state index contributed by atoms with van der Waals surface area (Å²) in [4.78, 5) is 9.15. The maximum absolute atomic E-state index is 6.31. The van der Waals surface area contributed by atoms with E-state index in [4.69, 9.17) is 9.40 Å². The molecule has 4 heterocycles. The van der Waals surface area contributed by atoms with Gasteiger partial charge < -0.3 is 19.0 Å². The summed E-state index contributed by atoms with van der Waals surface area (Å²) >= 11 is 0. The van der Waals surface area contributed by atoms with Gasteiger partial charge in [-0.2, -0.15) is 0 Å². The number of furan rings is 1. The van der Waals surface area contributed by atoms with Crippen LogP contribution in [0.4, 0.5) is 0 Å². The fourth-order valence-corrected chi connectivity index (χ4v) is 6.67. The van der Waals surface area contributed by atoms with E-state index in [-0.39, 0.29) is 20.1 Å². The zero-order valence-corrected chi connectivity index (χ0v) is 29.7. The first-order valence-electron chi connectivity index (χ1n) is 16.6. The van der Waals surface area contributed by atoms with Gasteiger partial charge in [0, 0.05) is 59.9 Å². The van der Waals surface area contributed by atoms with E-state index in [1.807, 2.05) is 72.9 Å². The third kappa shape index (κ3) is 6.04. The van der Waals surface area contributed by atoms with Gasteiger partial charge >= 0.3 is 0 Å². The van der Waals surface area contributed by atoms with Crippen LogP contribution in [-0.4, -0.2) is 14.5 Å². The average Bonchev–Trinajstić information content (AvgIpc) is 3.75. The summed E-state index contributed by atoms with van der Waals surface area (Å²) in [7, 11) is 0. The third-order valence-corrected chi connectivity index (χ3v) is 9.02. The van der Waals surface area contributed by atoms with Gasteiger partial charge in [-0.1, -0.05) is 108 Å². The van der Waals surface area contributed by atoms with Gasteiger partial charge in [0.15, 0.2) is 0 Å². The summed E-state index contributed by atoms with van der Waals surface area (Å²) in [5.41, 5.74) is 11.2. The predicted octanol–water partition coefficient (Wildman–Crippen LogP) is 11.8. The molecular formula is C46H29IrN3O-2. The van der Waals surface area contributed by atoms with E-state index < -0.39 is 0 Å². The van der Waals surface area contributed by atoms with Crippen LogP contribution in [0.1, 0.15) is 0 Å². The van der Waals surface area contributed by atoms with E-state index in [2.05, 4.69) is 119 Å². The number of nitrogens with zero attached hydrogens (tertiary/aromatic N) is 3. The van der Waals surface area contributed by atoms with E-state index in [0.717, 1.165) is 66.6 Å². The normalized spacial score (nSPS) is 11.0. The molecule has 0 aliphatic carbocycles. The second-order valence-corrected chi connectivity index (χ2v) is 12.0. The number of rotatable bonds is 4. The van der Waals surface area contributed by atoms with Gasteiger partial charge in [0.05, 0.1) is 11.1 Å². The van der Waals surface area contributed by atoms with Gasteiger partial charge in [0.25, 0.3) is 0 Å². The molecule has 5 heteroatoms. The Morgan fingerprint density at radius 1 is 0.510 bits per heavy atom. The molecule has 51 heavy (non-hydrogen) atoms. The monoisotopic (exact) mass is 832 g/mol. The van der Waals surface area contributed by atoms with E-state index in [1.165, 1.54) is 16.5 Å². The number of hydrogen-bond acceptors (Lipinski definition) is 3. The Balaban J connectivity index is 0.000000245. The Morgan fingerprint density at radius 2 is 1.27 bits per heavy atom. The zero-order chi connectivity index (χ0) is 33.3. The number of aromatic nitrogens is 3. The van der Waals surface area contributed by atoms with E-state index >= 15 is 0 Å². The summed E-state index contributed by atoms with van der Waals surface area (Å²) in [6.07, 6.45) is 3.78. The Kier molecular flexibility index (Phi) is 8.81. The first-order chi connectivity index (χ1) is 24.8. The van der Waals surface area contributed by atoms with Crippen LogP contribution in [0.2, 0.25) is 0 Å². The molecule has 10 aromatic rings. The molecule has 0 saturated carbocycles. The Hall–Kier alpha value is -6.13. The maximum Gasteiger partial charge on any atom is 0.120 e.